The summed E-state index contributed by atoms with van der Waals surface area (Å²) >= 11 is 0. The molecule has 0 aromatic heterocycles. The summed E-state index contributed by atoms with van der Waals surface area (Å²) in [6.07, 6.45) is 0.0296. The van der Waals surface area contributed by atoms with Gasteiger partial charge in [0, 0.05) is 24.0 Å². The van der Waals surface area contributed by atoms with Crippen molar-refractivity contribution in [2.24, 2.45) is 5.92 Å². The predicted molar refractivity (Wildman–Crippen MR) is 117 cm³/mol. The summed E-state index contributed by atoms with van der Waals surface area (Å²) in [6.45, 7) is -0.232. The molecule has 1 fully saturated rings. The Balaban J connectivity index is 1.35. The van der Waals surface area contributed by atoms with Crippen LogP contribution in [0.5, 0.6) is 5.75 Å². The number of ether oxygens (including phenoxy) is 2. The minimum Gasteiger partial charge on any atom is -0.495 e. The average molecular weight is 418 g/mol. The van der Waals surface area contributed by atoms with Crippen molar-refractivity contribution in [2.75, 3.05) is 30.5 Å². The second kappa shape index (κ2) is 8.87. The van der Waals surface area contributed by atoms with Crippen LogP contribution in [0.25, 0.3) is 10.8 Å². The summed E-state index contributed by atoms with van der Waals surface area (Å²) in [7, 11) is 1.53. The molecule has 0 saturated carbocycles. The van der Waals surface area contributed by atoms with Crippen molar-refractivity contribution in [3.05, 3.63) is 66.7 Å². The van der Waals surface area contributed by atoms with E-state index in [-0.39, 0.29) is 18.9 Å². The summed E-state index contributed by atoms with van der Waals surface area (Å²) in [5.74, 6) is -1.27. The fraction of sp³-hybridized carbons (Fsp3) is 0.208. The number of nitrogens with one attached hydrogen (secondary N) is 1. The summed E-state index contributed by atoms with van der Waals surface area (Å²) in [4.78, 5) is 38.8. The van der Waals surface area contributed by atoms with Crippen LogP contribution in [-0.4, -0.2) is 38.0 Å². The third-order valence-corrected chi connectivity index (χ3v) is 5.24. The molecule has 31 heavy (non-hydrogen) atoms. The lowest BCUT2D eigenvalue weighted by Gasteiger charge is -2.19. The molecule has 0 aliphatic carbocycles. The van der Waals surface area contributed by atoms with E-state index in [1.807, 2.05) is 42.5 Å². The Morgan fingerprint density at radius 2 is 1.77 bits per heavy atom. The predicted octanol–water partition coefficient (Wildman–Crippen LogP) is 3.38. The van der Waals surface area contributed by atoms with Crippen molar-refractivity contribution in [2.45, 2.75) is 6.42 Å². The Labute approximate surface area is 179 Å². The zero-order chi connectivity index (χ0) is 21.8. The molecule has 2 amide bonds. The molecule has 0 spiro atoms. The molecule has 158 valence electrons. The normalized spacial score (nSPS) is 15.7. The Hall–Kier alpha value is -3.87. The number of nitrogens with zero attached hydrogens (tertiary/aromatic N) is 1. The van der Waals surface area contributed by atoms with Gasteiger partial charge in [-0.2, -0.15) is 0 Å². The number of methoxy groups -OCH3 is 1. The van der Waals surface area contributed by atoms with Gasteiger partial charge in [0.25, 0.3) is 5.91 Å². The number of amides is 2. The van der Waals surface area contributed by atoms with E-state index >= 15 is 0 Å². The van der Waals surface area contributed by atoms with E-state index < -0.39 is 24.4 Å². The van der Waals surface area contributed by atoms with E-state index in [9.17, 15) is 14.4 Å². The van der Waals surface area contributed by atoms with E-state index in [0.29, 0.717) is 17.1 Å². The minimum absolute atomic E-state index is 0.0296. The Morgan fingerprint density at radius 1 is 1.03 bits per heavy atom. The van der Waals surface area contributed by atoms with Crippen LogP contribution in [0.3, 0.4) is 0 Å². The zero-order valence-corrected chi connectivity index (χ0v) is 17.0. The van der Waals surface area contributed by atoms with Gasteiger partial charge in [-0.1, -0.05) is 48.5 Å². The zero-order valence-electron chi connectivity index (χ0n) is 17.0. The molecule has 1 aliphatic heterocycles. The molecule has 1 atom stereocenters. The van der Waals surface area contributed by atoms with Crippen LogP contribution in [0.2, 0.25) is 0 Å². The van der Waals surface area contributed by atoms with Gasteiger partial charge in [0.05, 0.1) is 18.7 Å². The van der Waals surface area contributed by atoms with Crippen molar-refractivity contribution in [1.29, 1.82) is 0 Å². The van der Waals surface area contributed by atoms with E-state index in [0.717, 1.165) is 10.8 Å². The standard InChI is InChI=1S/C24H22N2O5/c1-30-21-12-5-4-11-20(21)26-14-17(13-23(26)28)24(29)31-15-22(27)25-19-10-6-8-16-7-2-3-9-18(16)19/h2-12,17H,13-15H2,1H3,(H,25,27)/t17-/m1/s1. The summed E-state index contributed by atoms with van der Waals surface area (Å²) in [5, 5.41) is 4.68. The van der Waals surface area contributed by atoms with Gasteiger partial charge in [-0.15, -0.1) is 0 Å². The summed E-state index contributed by atoms with van der Waals surface area (Å²) < 4.78 is 10.5. The molecule has 7 heteroatoms. The van der Waals surface area contributed by atoms with E-state index in [1.165, 1.54) is 12.0 Å². The maximum Gasteiger partial charge on any atom is 0.311 e. The van der Waals surface area contributed by atoms with Gasteiger partial charge in [0.15, 0.2) is 6.61 Å². The van der Waals surface area contributed by atoms with Gasteiger partial charge < -0.3 is 19.7 Å². The number of hydrogen-bond acceptors (Lipinski definition) is 5. The molecule has 3 aromatic carbocycles. The van der Waals surface area contributed by atoms with Gasteiger partial charge in [-0.3, -0.25) is 14.4 Å². The van der Waals surface area contributed by atoms with Crippen molar-refractivity contribution < 1.29 is 23.9 Å². The van der Waals surface area contributed by atoms with Crippen LogP contribution >= 0.6 is 0 Å². The number of carbonyl (C=O) groups excluding carboxylic acids is 3. The van der Waals surface area contributed by atoms with Crippen LogP contribution in [0.15, 0.2) is 66.7 Å². The number of esters is 1. The molecular weight excluding hydrogens is 396 g/mol. The average Bonchev–Trinajstić information content (AvgIpc) is 3.19. The van der Waals surface area contributed by atoms with Gasteiger partial charge in [0.1, 0.15) is 5.75 Å². The number of anilines is 2. The molecule has 7 nitrogen and oxygen atoms in total. The lowest BCUT2D eigenvalue weighted by molar-refractivity contribution is -0.151. The van der Waals surface area contributed by atoms with Crippen molar-refractivity contribution in [1.82, 2.24) is 0 Å². The number of hydrogen-bond donors (Lipinski definition) is 1. The Morgan fingerprint density at radius 3 is 2.61 bits per heavy atom. The first-order valence-corrected chi connectivity index (χ1v) is 9.94. The van der Waals surface area contributed by atoms with Crippen molar-refractivity contribution >= 4 is 39.9 Å². The minimum atomic E-state index is -0.636. The molecule has 1 N–H and O–H groups in total. The monoisotopic (exact) mass is 418 g/mol. The topological polar surface area (TPSA) is 84.9 Å². The van der Waals surface area contributed by atoms with Crippen LogP contribution < -0.4 is 15.0 Å². The molecular formula is C24H22N2O5. The lowest BCUT2D eigenvalue weighted by Crippen LogP contribution is -2.28. The van der Waals surface area contributed by atoms with Crippen molar-refractivity contribution in [3.8, 4) is 5.75 Å². The second-order valence-electron chi connectivity index (χ2n) is 7.26. The number of rotatable bonds is 6. The fourth-order valence-corrected chi connectivity index (χ4v) is 3.73. The lowest BCUT2D eigenvalue weighted by atomic mass is 10.1. The van der Waals surface area contributed by atoms with Crippen molar-refractivity contribution in [3.63, 3.8) is 0 Å². The largest absolute Gasteiger partial charge is 0.495 e. The Kier molecular flexibility index (Phi) is 5.84. The fourth-order valence-electron chi connectivity index (χ4n) is 3.73. The van der Waals surface area contributed by atoms with Gasteiger partial charge >= 0.3 is 5.97 Å². The quantitative estimate of drug-likeness (QED) is 0.621. The molecule has 1 aliphatic rings. The molecule has 3 aromatic rings. The van der Waals surface area contributed by atoms with E-state index in [1.54, 1.807) is 24.3 Å². The maximum atomic E-state index is 12.5. The molecule has 0 unspecified atom stereocenters. The third-order valence-electron chi connectivity index (χ3n) is 5.24. The van der Waals surface area contributed by atoms with Gasteiger partial charge in [-0.05, 0) is 23.6 Å². The van der Waals surface area contributed by atoms with Gasteiger partial charge in [-0.25, -0.2) is 0 Å². The first kappa shape index (κ1) is 20.4. The highest BCUT2D eigenvalue weighted by Gasteiger charge is 2.37. The number of fused-ring (bicyclic) bond motifs is 1. The first-order chi connectivity index (χ1) is 15.1. The highest BCUT2D eigenvalue weighted by Crippen LogP contribution is 2.33. The Bertz CT molecular complexity index is 1140. The second-order valence-corrected chi connectivity index (χ2v) is 7.26. The highest BCUT2D eigenvalue weighted by molar-refractivity contribution is 6.03. The SMILES string of the molecule is COc1ccccc1N1C[C@H](C(=O)OCC(=O)Nc2cccc3ccccc23)CC1=O. The number of benzene rings is 3. The van der Waals surface area contributed by atoms with Gasteiger partial charge in [0.2, 0.25) is 5.91 Å². The smallest absolute Gasteiger partial charge is 0.311 e. The third kappa shape index (κ3) is 4.35. The molecule has 1 heterocycles. The van der Waals surface area contributed by atoms with Crippen LogP contribution in [0.4, 0.5) is 11.4 Å². The van der Waals surface area contributed by atoms with E-state index in [4.69, 9.17) is 9.47 Å². The molecule has 4 rings (SSSR count). The summed E-state index contributed by atoms with van der Waals surface area (Å²) in [6, 6.07) is 20.4. The van der Waals surface area contributed by atoms with E-state index in [2.05, 4.69) is 5.32 Å². The summed E-state index contributed by atoms with van der Waals surface area (Å²) in [5.41, 5.74) is 1.26. The highest BCUT2D eigenvalue weighted by atomic mass is 16.5. The number of para-hydroxylation sites is 2. The molecule has 0 bridgehead atoms. The molecule has 0 radical (unpaired) electrons. The molecule has 1 saturated heterocycles. The maximum absolute atomic E-state index is 12.5. The van der Waals surface area contributed by atoms with Crippen LogP contribution in [0, 0.1) is 5.92 Å². The van der Waals surface area contributed by atoms with Crippen LogP contribution in [-0.2, 0) is 19.1 Å². The number of carbonyl (C=O) groups is 3. The van der Waals surface area contributed by atoms with Crippen LogP contribution in [0.1, 0.15) is 6.42 Å². The first-order valence-electron chi connectivity index (χ1n) is 9.94.